The summed E-state index contributed by atoms with van der Waals surface area (Å²) in [5.74, 6) is 1.51. The van der Waals surface area contributed by atoms with Crippen LogP contribution in [0.1, 0.15) is 26.3 Å². The number of hydrogen-bond donors (Lipinski definition) is 1. The maximum atomic E-state index is 5.57. The number of hydrogen-bond acceptors (Lipinski definition) is 3. The molecule has 3 heteroatoms. The van der Waals surface area contributed by atoms with Crippen molar-refractivity contribution in [3.05, 3.63) is 48.0 Å². The maximum Gasteiger partial charge on any atom is 0.168 e. The first kappa shape index (κ1) is 15.5. The molecule has 1 aliphatic rings. The summed E-state index contributed by atoms with van der Waals surface area (Å²) >= 11 is 0. The molecule has 0 radical (unpaired) electrons. The van der Waals surface area contributed by atoms with E-state index < -0.39 is 0 Å². The highest BCUT2D eigenvalue weighted by Crippen LogP contribution is 2.41. The normalized spacial score (nSPS) is 15.3. The molecule has 0 amide bonds. The van der Waals surface area contributed by atoms with Crippen molar-refractivity contribution in [3.8, 4) is 22.6 Å². The topological polar surface area (TPSA) is 30.5 Å². The largest absolute Gasteiger partial charge is 0.493 e. The summed E-state index contributed by atoms with van der Waals surface area (Å²) in [7, 11) is 3.34. The van der Waals surface area contributed by atoms with Crippen molar-refractivity contribution in [3.63, 3.8) is 0 Å². The monoisotopic (exact) mass is 309 g/mol. The quantitative estimate of drug-likeness (QED) is 0.867. The molecule has 1 aliphatic heterocycles. The highest BCUT2D eigenvalue weighted by atomic mass is 16.5. The molecule has 0 saturated heterocycles. The maximum absolute atomic E-state index is 5.57. The lowest BCUT2D eigenvalue weighted by Crippen LogP contribution is -2.31. The van der Waals surface area contributed by atoms with Gasteiger partial charge in [-0.15, -0.1) is 0 Å². The van der Waals surface area contributed by atoms with Gasteiger partial charge in [-0.25, -0.2) is 0 Å². The van der Waals surface area contributed by atoms with Gasteiger partial charge in [0, 0.05) is 16.8 Å². The zero-order valence-corrected chi connectivity index (χ0v) is 14.4. The summed E-state index contributed by atoms with van der Waals surface area (Å²) in [4.78, 5) is 0. The molecule has 0 fully saturated rings. The summed E-state index contributed by atoms with van der Waals surface area (Å²) in [6.07, 6.45) is 2.27. The number of allylic oxidation sites excluding steroid dienone is 1. The van der Waals surface area contributed by atoms with Crippen LogP contribution < -0.4 is 14.8 Å². The molecule has 0 bridgehead atoms. The summed E-state index contributed by atoms with van der Waals surface area (Å²) in [5.41, 5.74) is 5.81. The van der Waals surface area contributed by atoms with Gasteiger partial charge in [-0.1, -0.05) is 24.3 Å². The first-order valence-electron chi connectivity index (χ1n) is 7.78. The van der Waals surface area contributed by atoms with Crippen LogP contribution in [0.3, 0.4) is 0 Å². The molecule has 1 N–H and O–H groups in total. The molecule has 2 aromatic rings. The van der Waals surface area contributed by atoms with Crippen LogP contribution in [0.15, 0.2) is 42.5 Å². The molecule has 120 valence electrons. The number of methoxy groups -OCH3 is 2. The number of rotatable bonds is 3. The van der Waals surface area contributed by atoms with Crippen molar-refractivity contribution in [1.82, 2.24) is 0 Å². The molecule has 23 heavy (non-hydrogen) atoms. The van der Waals surface area contributed by atoms with Crippen LogP contribution in [0.25, 0.3) is 16.7 Å². The lowest BCUT2D eigenvalue weighted by atomic mass is 9.89. The smallest absolute Gasteiger partial charge is 0.168 e. The van der Waals surface area contributed by atoms with E-state index in [1.807, 2.05) is 12.1 Å². The van der Waals surface area contributed by atoms with Gasteiger partial charge >= 0.3 is 0 Å². The van der Waals surface area contributed by atoms with Crippen LogP contribution in [-0.2, 0) is 0 Å². The summed E-state index contributed by atoms with van der Waals surface area (Å²) in [6.45, 7) is 6.52. The molecule has 0 aromatic heterocycles. The van der Waals surface area contributed by atoms with Crippen LogP contribution in [-0.4, -0.2) is 19.8 Å². The Morgan fingerprint density at radius 2 is 1.74 bits per heavy atom. The molecule has 0 aliphatic carbocycles. The van der Waals surface area contributed by atoms with Crippen LogP contribution in [0, 0.1) is 0 Å². The summed E-state index contributed by atoms with van der Waals surface area (Å²) in [5, 5.41) is 3.56. The zero-order valence-electron chi connectivity index (χ0n) is 14.4. The molecule has 2 aromatic carbocycles. The Morgan fingerprint density at radius 1 is 0.957 bits per heavy atom. The van der Waals surface area contributed by atoms with Crippen molar-refractivity contribution in [2.45, 2.75) is 26.3 Å². The van der Waals surface area contributed by atoms with E-state index in [1.165, 1.54) is 16.8 Å². The lowest BCUT2D eigenvalue weighted by molar-refractivity contribution is 0.356. The standard InChI is InChI=1S/C20H23NO2/c1-13-12-20(2,3)21-17-10-9-14(11-16(13)17)15-7-6-8-18(22-4)19(15)23-5/h6-12,21H,1-5H3. The Hall–Kier alpha value is -2.42. The SMILES string of the molecule is COc1cccc(-c2ccc3c(c2)C(C)=CC(C)(C)N3)c1OC. The van der Waals surface area contributed by atoms with Crippen LogP contribution in [0.4, 0.5) is 5.69 Å². The van der Waals surface area contributed by atoms with E-state index in [1.54, 1.807) is 14.2 Å². The van der Waals surface area contributed by atoms with E-state index in [9.17, 15) is 0 Å². The summed E-state index contributed by atoms with van der Waals surface area (Å²) < 4.78 is 11.0. The van der Waals surface area contributed by atoms with Gasteiger partial charge in [0.05, 0.1) is 19.8 Å². The first-order valence-corrected chi connectivity index (χ1v) is 7.78. The van der Waals surface area contributed by atoms with Gasteiger partial charge in [0.2, 0.25) is 0 Å². The van der Waals surface area contributed by atoms with Crippen LogP contribution in [0.5, 0.6) is 11.5 Å². The Morgan fingerprint density at radius 3 is 2.43 bits per heavy atom. The number of fused-ring (bicyclic) bond motifs is 1. The van der Waals surface area contributed by atoms with Crippen molar-refractivity contribution in [2.24, 2.45) is 0 Å². The van der Waals surface area contributed by atoms with Gasteiger partial charge in [-0.2, -0.15) is 0 Å². The number of para-hydroxylation sites is 1. The van der Waals surface area contributed by atoms with E-state index in [4.69, 9.17) is 9.47 Å². The van der Waals surface area contributed by atoms with Crippen molar-refractivity contribution in [2.75, 3.05) is 19.5 Å². The van der Waals surface area contributed by atoms with Gasteiger partial charge in [-0.05, 0) is 50.1 Å². The molecule has 3 rings (SSSR count). The molecule has 0 saturated carbocycles. The fourth-order valence-electron chi connectivity index (χ4n) is 3.26. The third kappa shape index (κ3) is 2.79. The first-order chi connectivity index (χ1) is 10.9. The number of nitrogens with one attached hydrogen (secondary N) is 1. The third-order valence-corrected chi connectivity index (χ3v) is 4.19. The van der Waals surface area contributed by atoms with E-state index in [2.05, 4.69) is 56.4 Å². The number of ether oxygens (including phenoxy) is 2. The minimum absolute atomic E-state index is 0.0216. The molecule has 3 nitrogen and oxygen atoms in total. The minimum atomic E-state index is -0.0216. The van der Waals surface area contributed by atoms with Crippen LogP contribution in [0.2, 0.25) is 0 Å². The summed E-state index contributed by atoms with van der Waals surface area (Å²) in [6, 6.07) is 12.4. The molecule has 0 atom stereocenters. The predicted molar refractivity (Wildman–Crippen MR) is 96.3 cm³/mol. The average Bonchev–Trinajstić information content (AvgIpc) is 2.52. The average molecular weight is 309 g/mol. The minimum Gasteiger partial charge on any atom is -0.493 e. The second-order valence-electron chi connectivity index (χ2n) is 6.48. The van der Waals surface area contributed by atoms with Crippen molar-refractivity contribution in [1.29, 1.82) is 0 Å². The highest BCUT2D eigenvalue weighted by molar-refractivity contribution is 5.85. The third-order valence-electron chi connectivity index (χ3n) is 4.19. The lowest BCUT2D eigenvalue weighted by Gasteiger charge is -2.31. The number of anilines is 1. The fraction of sp³-hybridized carbons (Fsp3) is 0.300. The number of benzene rings is 2. The predicted octanol–water partition coefficient (Wildman–Crippen LogP) is 4.98. The van der Waals surface area contributed by atoms with E-state index >= 15 is 0 Å². The van der Waals surface area contributed by atoms with Crippen LogP contribution >= 0.6 is 0 Å². The highest BCUT2D eigenvalue weighted by Gasteiger charge is 2.23. The Balaban J connectivity index is 2.13. The molecular formula is C20H23NO2. The molecule has 0 spiro atoms. The second-order valence-corrected chi connectivity index (χ2v) is 6.48. The fourth-order valence-corrected chi connectivity index (χ4v) is 3.26. The van der Waals surface area contributed by atoms with Crippen molar-refractivity contribution >= 4 is 11.3 Å². The van der Waals surface area contributed by atoms with Gasteiger partial charge in [0.1, 0.15) is 0 Å². The molecule has 1 heterocycles. The molecule has 0 unspecified atom stereocenters. The van der Waals surface area contributed by atoms with Crippen molar-refractivity contribution < 1.29 is 9.47 Å². The van der Waals surface area contributed by atoms with E-state index in [0.717, 1.165) is 22.6 Å². The van der Waals surface area contributed by atoms with E-state index in [-0.39, 0.29) is 5.54 Å². The zero-order chi connectivity index (χ0) is 16.6. The van der Waals surface area contributed by atoms with Gasteiger partial charge < -0.3 is 14.8 Å². The Labute approximate surface area is 137 Å². The van der Waals surface area contributed by atoms with Gasteiger partial charge in [-0.3, -0.25) is 0 Å². The van der Waals surface area contributed by atoms with Gasteiger partial charge in [0.15, 0.2) is 11.5 Å². The Bertz CT molecular complexity index is 775. The van der Waals surface area contributed by atoms with Gasteiger partial charge in [0.25, 0.3) is 0 Å². The second kappa shape index (κ2) is 5.65. The van der Waals surface area contributed by atoms with E-state index in [0.29, 0.717) is 0 Å². The molecular weight excluding hydrogens is 286 g/mol. The Kier molecular flexibility index (Phi) is 3.80.